The van der Waals surface area contributed by atoms with Crippen LogP contribution in [0, 0.1) is 0 Å². The molecule has 0 spiro atoms. The van der Waals surface area contributed by atoms with Crippen molar-refractivity contribution in [3.8, 4) is 0 Å². The zero-order valence-corrected chi connectivity index (χ0v) is 8.19. The molecule has 10 heavy (non-hydrogen) atoms. The summed E-state index contributed by atoms with van der Waals surface area (Å²) in [6.45, 7) is 4.98. The number of rotatable bonds is 0. The van der Waals surface area contributed by atoms with Crippen LogP contribution >= 0.6 is 0 Å². The lowest BCUT2D eigenvalue weighted by atomic mass is 10.1. The molecule has 0 radical (unpaired) electrons. The zero-order valence-electron chi connectivity index (χ0n) is 7.19. The van der Waals surface area contributed by atoms with E-state index in [9.17, 15) is 0 Å². The van der Waals surface area contributed by atoms with Crippen LogP contribution in [0.15, 0.2) is 0 Å². The molecule has 2 N–H and O–H groups in total. The molecule has 60 valence electrons. The molecule has 1 aliphatic rings. The first-order valence-electron chi connectivity index (χ1n) is 4.36. The van der Waals surface area contributed by atoms with Gasteiger partial charge in [0.1, 0.15) is 0 Å². The van der Waals surface area contributed by atoms with Crippen molar-refractivity contribution in [3.05, 3.63) is 0 Å². The van der Waals surface area contributed by atoms with Crippen LogP contribution in [0.4, 0.5) is 0 Å². The lowest BCUT2D eigenvalue weighted by molar-refractivity contribution is 0.599. The van der Waals surface area contributed by atoms with Gasteiger partial charge in [-0.3, -0.25) is 0 Å². The zero-order chi connectivity index (χ0) is 7.61. The third kappa shape index (κ3) is 2.43. The van der Waals surface area contributed by atoms with E-state index in [1.165, 1.54) is 31.4 Å². The summed E-state index contributed by atoms with van der Waals surface area (Å²) < 4.78 is 0. The summed E-state index contributed by atoms with van der Waals surface area (Å²) >= 11 is 0. The van der Waals surface area contributed by atoms with Gasteiger partial charge in [0.25, 0.3) is 0 Å². The van der Waals surface area contributed by atoms with E-state index in [1.54, 1.807) is 0 Å². The Labute approximate surface area is 65.0 Å². The maximum absolute atomic E-state index is 5.88. The van der Waals surface area contributed by atoms with Crippen LogP contribution < -0.4 is 5.73 Å². The van der Waals surface area contributed by atoms with Crippen molar-refractivity contribution >= 4 is 8.07 Å². The minimum atomic E-state index is -0.763. The fourth-order valence-electron chi connectivity index (χ4n) is 1.69. The molecular formula is C8H19NSi. The van der Waals surface area contributed by atoms with Crippen LogP contribution in [0.1, 0.15) is 19.3 Å². The van der Waals surface area contributed by atoms with E-state index in [0.29, 0.717) is 6.04 Å². The summed E-state index contributed by atoms with van der Waals surface area (Å²) in [7, 11) is -0.763. The summed E-state index contributed by atoms with van der Waals surface area (Å²) in [6.07, 6.45) is 3.95. The van der Waals surface area contributed by atoms with Gasteiger partial charge in [0.05, 0.1) is 0 Å². The Bertz CT molecular complexity index is 112. The molecule has 0 unspecified atom stereocenters. The molecule has 1 nitrogen and oxygen atoms in total. The largest absolute Gasteiger partial charge is 0.328 e. The van der Waals surface area contributed by atoms with Gasteiger partial charge in [0.2, 0.25) is 0 Å². The highest BCUT2D eigenvalue weighted by molar-refractivity contribution is 6.77. The average Bonchev–Trinajstić information content (AvgIpc) is 1.94. The fraction of sp³-hybridized carbons (Fsp3) is 1.00. The molecule has 0 saturated carbocycles. The minimum absolute atomic E-state index is 0.522. The van der Waals surface area contributed by atoms with Gasteiger partial charge in [-0.05, 0) is 12.8 Å². The van der Waals surface area contributed by atoms with E-state index < -0.39 is 8.07 Å². The van der Waals surface area contributed by atoms with Crippen molar-refractivity contribution in [3.63, 3.8) is 0 Å². The molecule has 0 aliphatic carbocycles. The summed E-state index contributed by atoms with van der Waals surface area (Å²) in [5, 5.41) is 0. The molecule has 1 saturated heterocycles. The van der Waals surface area contributed by atoms with Crippen LogP contribution in [-0.4, -0.2) is 14.1 Å². The van der Waals surface area contributed by atoms with Crippen LogP contribution in [0.25, 0.3) is 0 Å². The summed E-state index contributed by atoms with van der Waals surface area (Å²) in [5.74, 6) is 0. The van der Waals surface area contributed by atoms with Crippen LogP contribution in [-0.2, 0) is 0 Å². The van der Waals surface area contributed by atoms with Crippen molar-refractivity contribution in [2.45, 2.75) is 50.5 Å². The Kier molecular flexibility index (Phi) is 2.53. The molecule has 0 amide bonds. The first kappa shape index (κ1) is 8.28. The Hall–Kier alpha value is 0.177. The van der Waals surface area contributed by atoms with Gasteiger partial charge in [-0.1, -0.05) is 31.6 Å². The molecule has 1 rings (SSSR count). The standard InChI is InChI=1S/C8H19NSi/c1-10(2)6-3-4-8(9)5-7-10/h8H,3-7,9H2,1-2H3/t8-/m0/s1. The minimum Gasteiger partial charge on any atom is -0.328 e. The molecular weight excluding hydrogens is 138 g/mol. The Morgan fingerprint density at radius 2 is 1.90 bits per heavy atom. The maximum atomic E-state index is 5.88. The van der Waals surface area contributed by atoms with Crippen LogP contribution in [0.3, 0.4) is 0 Å². The first-order chi connectivity index (χ1) is 4.60. The Balaban J connectivity index is 2.41. The van der Waals surface area contributed by atoms with Crippen molar-refractivity contribution in [1.29, 1.82) is 0 Å². The highest BCUT2D eigenvalue weighted by Crippen LogP contribution is 2.26. The van der Waals surface area contributed by atoms with E-state index in [4.69, 9.17) is 5.73 Å². The van der Waals surface area contributed by atoms with E-state index in [-0.39, 0.29) is 0 Å². The third-order valence-electron chi connectivity index (χ3n) is 2.62. The predicted molar refractivity (Wildman–Crippen MR) is 48.9 cm³/mol. The molecule has 0 aromatic carbocycles. The quantitative estimate of drug-likeness (QED) is 0.536. The van der Waals surface area contributed by atoms with Gasteiger partial charge >= 0.3 is 0 Å². The molecule has 1 heterocycles. The maximum Gasteiger partial charge on any atom is 0.0474 e. The number of hydrogen-bond donors (Lipinski definition) is 1. The molecule has 1 aliphatic heterocycles. The highest BCUT2D eigenvalue weighted by Gasteiger charge is 2.24. The second kappa shape index (κ2) is 3.05. The molecule has 1 fully saturated rings. The van der Waals surface area contributed by atoms with Gasteiger partial charge in [-0.2, -0.15) is 0 Å². The van der Waals surface area contributed by atoms with Crippen LogP contribution in [0.2, 0.25) is 25.2 Å². The van der Waals surface area contributed by atoms with Gasteiger partial charge in [-0.25, -0.2) is 0 Å². The van der Waals surface area contributed by atoms with E-state index >= 15 is 0 Å². The SMILES string of the molecule is C[Si]1(C)CCC[C@H](N)CC1. The van der Waals surface area contributed by atoms with Gasteiger partial charge in [0, 0.05) is 14.1 Å². The molecule has 0 bridgehead atoms. The lowest BCUT2D eigenvalue weighted by Crippen LogP contribution is -2.24. The predicted octanol–water partition coefficient (Wildman–Crippen LogP) is 2.21. The Morgan fingerprint density at radius 3 is 2.60 bits per heavy atom. The van der Waals surface area contributed by atoms with Gasteiger partial charge in [0.15, 0.2) is 0 Å². The second-order valence-corrected chi connectivity index (χ2v) is 9.68. The highest BCUT2D eigenvalue weighted by atomic mass is 28.3. The molecule has 1 atom stereocenters. The fourth-order valence-corrected chi connectivity index (χ4v) is 4.25. The summed E-state index contributed by atoms with van der Waals surface area (Å²) in [4.78, 5) is 0. The normalized spacial score (nSPS) is 33.3. The van der Waals surface area contributed by atoms with E-state index in [1.807, 2.05) is 0 Å². The van der Waals surface area contributed by atoms with Crippen molar-refractivity contribution in [2.75, 3.05) is 0 Å². The average molecular weight is 157 g/mol. The van der Waals surface area contributed by atoms with Crippen molar-refractivity contribution < 1.29 is 0 Å². The number of nitrogens with two attached hydrogens (primary N) is 1. The molecule has 0 aromatic heterocycles. The third-order valence-corrected chi connectivity index (χ3v) is 5.97. The van der Waals surface area contributed by atoms with Gasteiger partial charge < -0.3 is 5.73 Å². The molecule has 0 aromatic rings. The van der Waals surface area contributed by atoms with E-state index in [2.05, 4.69) is 13.1 Å². The summed E-state index contributed by atoms with van der Waals surface area (Å²) in [5.41, 5.74) is 5.88. The second-order valence-electron chi connectivity index (χ2n) is 4.36. The smallest absolute Gasteiger partial charge is 0.0474 e. The molecule has 2 heteroatoms. The van der Waals surface area contributed by atoms with E-state index in [0.717, 1.165) is 0 Å². The first-order valence-corrected chi connectivity index (χ1v) is 7.77. The topological polar surface area (TPSA) is 26.0 Å². The number of hydrogen-bond acceptors (Lipinski definition) is 1. The van der Waals surface area contributed by atoms with Crippen molar-refractivity contribution in [1.82, 2.24) is 0 Å². The summed E-state index contributed by atoms with van der Waals surface area (Å²) in [6, 6.07) is 3.48. The van der Waals surface area contributed by atoms with Crippen molar-refractivity contribution in [2.24, 2.45) is 5.73 Å². The van der Waals surface area contributed by atoms with Gasteiger partial charge in [-0.15, -0.1) is 0 Å². The lowest BCUT2D eigenvalue weighted by Gasteiger charge is -2.18. The monoisotopic (exact) mass is 157 g/mol. The Morgan fingerprint density at radius 1 is 1.20 bits per heavy atom. The van der Waals surface area contributed by atoms with Crippen LogP contribution in [0.5, 0.6) is 0 Å².